The van der Waals surface area contributed by atoms with E-state index in [1.807, 2.05) is 0 Å². The molecule has 1 N–H and O–H groups in total. The minimum Gasteiger partial charge on any atom is -0.383 e. The van der Waals surface area contributed by atoms with E-state index < -0.39 is 0 Å². The molecule has 0 saturated heterocycles. The average Bonchev–Trinajstić information content (AvgIpc) is 2.11. The Balaban J connectivity index is 4.11. The van der Waals surface area contributed by atoms with Gasteiger partial charge in [0.1, 0.15) is 0 Å². The van der Waals surface area contributed by atoms with Crippen LogP contribution in [0.5, 0.6) is 0 Å². The number of nitrogens with one attached hydrogen (secondary N) is 1. The zero-order chi connectivity index (χ0) is 11.1. The smallest absolute Gasteiger partial charge is 0.0618 e. The Kier molecular flexibility index (Phi) is 7.20. The van der Waals surface area contributed by atoms with Crippen molar-refractivity contribution in [3.05, 3.63) is 0 Å². The van der Waals surface area contributed by atoms with Crippen LogP contribution in [0.3, 0.4) is 0 Å². The fourth-order valence-electron chi connectivity index (χ4n) is 1.67. The van der Waals surface area contributed by atoms with Crippen molar-refractivity contribution in [2.75, 3.05) is 13.7 Å². The first-order valence-corrected chi connectivity index (χ1v) is 5.77. The molecule has 86 valence electrons. The highest BCUT2D eigenvalue weighted by molar-refractivity contribution is 4.77. The second-order valence-corrected chi connectivity index (χ2v) is 4.73. The van der Waals surface area contributed by atoms with E-state index in [-0.39, 0.29) is 0 Å². The highest BCUT2D eigenvalue weighted by atomic mass is 16.5. The van der Waals surface area contributed by atoms with E-state index in [0.717, 1.165) is 6.61 Å². The topological polar surface area (TPSA) is 21.3 Å². The quantitative estimate of drug-likeness (QED) is 0.684. The van der Waals surface area contributed by atoms with Gasteiger partial charge in [-0.2, -0.15) is 0 Å². The highest BCUT2D eigenvalue weighted by Crippen LogP contribution is 2.10. The van der Waals surface area contributed by atoms with Crippen LogP contribution in [0.15, 0.2) is 0 Å². The average molecular weight is 201 g/mol. The number of ether oxygens (including phenoxy) is 1. The van der Waals surface area contributed by atoms with Gasteiger partial charge in [-0.05, 0) is 18.3 Å². The molecule has 0 aromatic heterocycles. The maximum absolute atomic E-state index is 5.23. The van der Waals surface area contributed by atoms with E-state index in [9.17, 15) is 0 Å². The summed E-state index contributed by atoms with van der Waals surface area (Å²) in [6.45, 7) is 12.1. The molecule has 0 aromatic rings. The van der Waals surface area contributed by atoms with Crippen molar-refractivity contribution < 1.29 is 4.74 Å². The van der Waals surface area contributed by atoms with Crippen LogP contribution in [-0.2, 0) is 4.74 Å². The lowest BCUT2D eigenvalue weighted by Crippen LogP contribution is -2.46. The van der Waals surface area contributed by atoms with E-state index in [2.05, 4.69) is 39.9 Å². The predicted molar refractivity (Wildman–Crippen MR) is 62.6 cm³/mol. The molecule has 0 aromatic carbocycles. The molecule has 0 bridgehead atoms. The van der Waals surface area contributed by atoms with Crippen LogP contribution in [0, 0.1) is 11.8 Å². The van der Waals surface area contributed by atoms with Gasteiger partial charge in [-0.15, -0.1) is 0 Å². The minimum atomic E-state index is 0.479. The minimum absolute atomic E-state index is 0.479. The summed E-state index contributed by atoms with van der Waals surface area (Å²) in [5.74, 6) is 1.32. The van der Waals surface area contributed by atoms with Crippen LogP contribution in [0.1, 0.15) is 41.0 Å². The molecule has 0 rings (SSSR count). The third kappa shape index (κ3) is 4.97. The van der Waals surface area contributed by atoms with Gasteiger partial charge in [-0.1, -0.05) is 34.6 Å². The Bertz CT molecular complexity index is 134. The van der Waals surface area contributed by atoms with Gasteiger partial charge < -0.3 is 10.1 Å². The van der Waals surface area contributed by atoms with Crippen molar-refractivity contribution in [2.45, 2.75) is 53.1 Å². The van der Waals surface area contributed by atoms with Crippen LogP contribution in [0.25, 0.3) is 0 Å². The van der Waals surface area contributed by atoms with Gasteiger partial charge in [-0.25, -0.2) is 0 Å². The molecule has 0 radical (unpaired) electrons. The van der Waals surface area contributed by atoms with Crippen LogP contribution in [-0.4, -0.2) is 25.8 Å². The molecule has 0 amide bonds. The first-order chi connectivity index (χ1) is 6.52. The van der Waals surface area contributed by atoms with Gasteiger partial charge >= 0.3 is 0 Å². The Hall–Kier alpha value is -0.0800. The number of hydrogen-bond acceptors (Lipinski definition) is 2. The lowest BCUT2D eigenvalue weighted by Gasteiger charge is -2.29. The Morgan fingerprint density at radius 2 is 1.50 bits per heavy atom. The molecule has 14 heavy (non-hydrogen) atoms. The highest BCUT2D eigenvalue weighted by Gasteiger charge is 2.18. The molecule has 2 heteroatoms. The normalized spacial score (nSPS) is 16.3. The maximum Gasteiger partial charge on any atom is 0.0618 e. The van der Waals surface area contributed by atoms with Gasteiger partial charge in [0.25, 0.3) is 0 Å². The third-order valence-electron chi connectivity index (χ3n) is 2.82. The van der Waals surface area contributed by atoms with E-state index in [4.69, 9.17) is 4.74 Å². The first-order valence-electron chi connectivity index (χ1n) is 5.77. The van der Waals surface area contributed by atoms with E-state index in [0.29, 0.717) is 23.9 Å². The molecule has 0 heterocycles. The largest absolute Gasteiger partial charge is 0.383 e. The van der Waals surface area contributed by atoms with Crippen molar-refractivity contribution in [1.82, 2.24) is 5.32 Å². The molecule has 2 atom stereocenters. The number of rotatable bonds is 7. The summed E-state index contributed by atoms with van der Waals surface area (Å²) in [6, 6.07) is 1.09. The van der Waals surface area contributed by atoms with Crippen LogP contribution >= 0.6 is 0 Å². The van der Waals surface area contributed by atoms with Crippen LogP contribution < -0.4 is 5.32 Å². The zero-order valence-electron chi connectivity index (χ0n) is 10.6. The summed E-state index contributed by atoms with van der Waals surface area (Å²) in [6.07, 6.45) is 1.19. The SMILES string of the molecule is CCC(NC(COC)C(C)C)C(C)C. The van der Waals surface area contributed by atoms with E-state index in [1.54, 1.807) is 7.11 Å². The Morgan fingerprint density at radius 3 is 1.79 bits per heavy atom. The fraction of sp³-hybridized carbons (Fsp3) is 1.00. The summed E-state index contributed by atoms with van der Waals surface area (Å²) < 4.78 is 5.23. The Labute approximate surface area is 89.4 Å². The predicted octanol–water partition coefficient (Wildman–Crippen LogP) is 2.68. The maximum atomic E-state index is 5.23. The number of hydrogen-bond donors (Lipinski definition) is 1. The van der Waals surface area contributed by atoms with Gasteiger partial charge in [0.2, 0.25) is 0 Å². The standard InChI is InChI=1S/C12H27NO/c1-7-11(9(2)3)13-12(8-14-6)10(4)5/h9-13H,7-8H2,1-6H3. The summed E-state index contributed by atoms with van der Waals surface area (Å²) in [5, 5.41) is 3.68. The zero-order valence-corrected chi connectivity index (χ0v) is 10.6. The monoisotopic (exact) mass is 201 g/mol. The van der Waals surface area contributed by atoms with Crippen molar-refractivity contribution in [1.29, 1.82) is 0 Å². The van der Waals surface area contributed by atoms with Crippen molar-refractivity contribution in [2.24, 2.45) is 11.8 Å². The van der Waals surface area contributed by atoms with E-state index in [1.165, 1.54) is 6.42 Å². The van der Waals surface area contributed by atoms with Crippen LogP contribution in [0.2, 0.25) is 0 Å². The van der Waals surface area contributed by atoms with Gasteiger partial charge in [0.05, 0.1) is 6.61 Å². The third-order valence-corrected chi connectivity index (χ3v) is 2.82. The van der Waals surface area contributed by atoms with Gasteiger partial charge in [-0.3, -0.25) is 0 Å². The second kappa shape index (κ2) is 7.24. The molecule has 0 aliphatic rings. The summed E-state index contributed by atoms with van der Waals surface area (Å²) in [4.78, 5) is 0. The molecule has 2 unspecified atom stereocenters. The molecular weight excluding hydrogens is 174 g/mol. The fourth-order valence-corrected chi connectivity index (χ4v) is 1.67. The lowest BCUT2D eigenvalue weighted by atomic mass is 9.97. The molecule has 0 fully saturated rings. The van der Waals surface area contributed by atoms with Crippen molar-refractivity contribution in [3.63, 3.8) is 0 Å². The molecule has 0 aliphatic heterocycles. The molecular formula is C12H27NO. The van der Waals surface area contributed by atoms with Gasteiger partial charge in [0.15, 0.2) is 0 Å². The summed E-state index contributed by atoms with van der Waals surface area (Å²) in [5.41, 5.74) is 0. The van der Waals surface area contributed by atoms with Crippen molar-refractivity contribution in [3.8, 4) is 0 Å². The molecule has 2 nitrogen and oxygen atoms in total. The van der Waals surface area contributed by atoms with Crippen molar-refractivity contribution >= 4 is 0 Å². The Morgan fingerprint density at radius 1 is 1.00 bits per heavy atom. The summed E-state index contributed by atoms with van der Waals surface area (Å²) in [7, 11) is 1.77. The second-order valence-electron chi connectivity index (χ2n) is 4.73. The first kappa shape index (κ1) is 13.9. The molecule has 0 aliphatic carbocycles. The lowest BCUT2D eigenvalue weighted by molar-refractivity contribution is 0.134. The van der Waals surface area contributed by atoms with Crippen LogP contribution in [0.4, 0.5) is 0 Å². The molecule has 0 saturated carbocycles. The van der Waals surface area contributed by atoms with E-state index >= 15 is 0 Å². The van der Waals surface area contributed by atoms with Gasteiger partial charge in [0, 0.05) is 19.2 Å². The molecule has 0 spiro atoms. The number of methoxy groups -OCH3 is 1. The summed E-state index contributed by atoms with van der Waals surface area (Å²) >= 11 is 0.